The molecule has 132 valence electrons. The molecule has 24 heavy (non-hydrogen) atoms. The van der Waals surface area contributed by atoms with Gasteiger partial charge in [0.1, 0.15) is 0 Å². The van der Waals surface area contributed by atoms with E-state index in [4.69, 9.17) is 0 Å². The molecule has 1 N–H and O–H groups in total. The molecule has 3 heteroatoms. The van der Waals surface area contributed by atoms with E-state index in [1.165, 1.54) is 0 Å². The Morgan fingerprint density at radius 2 is 1.83 bits per heavy atom. The Labute approximate surface area is 144 Å². The van der Waals surface area contributed by atoms with Crippen LogP contribution in [0.2, 0.25) is 0 Å². The molecule has 0 bridgehead atoms. The second kappa shape index (κ2) is 5.03. The minimum absolute atomic E-state index is 0.0503. The van der Waals surface area contributed by atoms with Crippen molar-refractivity contribution in [2.24, 2.45) is 28.6 Å². The van der Waals surface area contributed by atoms with Crippen LogP contribution in [0.5, 0.6) is 0 Å². The number of aliphatic hydroxyl groups is 1. The molecule has 6 atom stereocenters. The van der Waals surface area contributed by atoms with Crippen LogP contribution < -0.4 is 0 Å². The van der Waals surface area contributed by atoms with E-state index in [-0.39, 0.29) is 22.4 Å². The predicted octanol–water partition coefficient (Wildman–Crippen LogP) is 3.84. The fourth-order valence-corrected chi connectivity index (χ4v) is 7.08. The van der Waals surface area contributed by atoms with Gasteiger partial charge < -0.3 is 5.11 Å². The lowest BCUT2D eigenvalue weighted by atomic mass is 9.46. The highest BCUT2D eigenvalue weighted by molar-refractivity contribution is 6.05. The Balaban J connectivity index is 1.74. The van der Waals surface area contributed by atoms with Crippen molar-refractivity contribution in [1.82, 2.24) is 0 Å². The first-order valence-corrected chi connectivity index (χ1v) is 9.76. The third kappa shape index (κ3) is 1.88. The number of hydrogen-bond donors (Lipinski definition) is 1. The lowest BCUT2D eigenvalue weighted by Gasteiger charge is -2.58. The maximum atomic E-state index is 12.9. The zero-order chi connectivity index (χ0) is 17.3. The molecule has 3 saturated carbocycles. The van der Waals surface area contributed by atoms with Gasteiger partial charge in [-0.2, -0.15) is 0 Å². The quantitative estimate of drug-likeness (QED) is 0.795. The minimum Gasteiger partial charge on any atom is -0.389 e. The summed E-state index contributed by atoms with van der Waals surface area (Å²) in [5, 5.41) is 11.2. The van der Waals surface area contributed by atoms with Gasteiger partial charge in [-0.3, -0.25) is 9.59 Å². The van der Waals surface area contributed by atoms with Crippen LogP contribution in [0.25, 0.3) is 0 Å². The molecule has 4 aliphatic rings. The second-order valence-corrected chi connectivity index (χ2v) is 9.33. The number of fused-ring (bicyclic) bond motifs is 5. The Kier molecular flexibility index (Phi) is 3.46. The maximum Gasteiger partial charge on any atom is 0.159 e. The fraction of sp³-hybridized carbons (Fsp3) is 0.810. The van der Waals surface area contributed by atoms with Crippen molar-refractivity contribution in [1.29, 1.82) is 0 Å². The molecule has 0 aliphatic heterocycles. The lowest BCUT2D eigenvalue weighted by molar-refractivity contribution is -0.143. The van der Waals surface area contributed by atoms with Crippen LogP contribution in [-0.4, -0.2) is 22.3 Å². The van der Waals surface area contributed by atoms with Gasteiger partial charge in [-0.1, -0.05) is 20.8 Å². The number of Topliss-reactive ketones (excluding diaryl/α,β-unsaturated/α-hetero) is 1. The third-order valence-corrected chi connectivity index (χ3v) is 8.69. The van der Waals surface area contributed by atoms with Crippen LogP contribution in [0.15, 0.2) is 11.6 Å². The first kappa shape index (κ1) is 16.5. The summed E-state index contributed by atoms with van der Waals surface area (Å²) in [7, 11) is 0. The number of carbonyl (C=O) groups is 2. The lowest BCUT2D eigenvalue weighted by Crippen LogP contribution is -2.56. The summed E-state index contributed by atoms with van der Waals surface area (Å²) in [6.45, 7) is 6.59. The number of hydrogen-bond acceptors (Lipinski definition) is 3. The third-order valence-electron chi connectivity index (χ3n) is 8.69. The summed E-state index contributed by atoms with van der Waals surface area (Å²) in [5.74, 6) is 1.64. The van der Waals surface area contributed by atoms with E-state index in [0.29, 0.717) is 30.6 Å². The minimum atomic E-state index is -0.564. The highest BCUT2D eigenvalue weighted by Crippen LogP contribution is 2.67. The van der Waals surface area contributed by atoms with Crippen LogP contribution in [0.3, 0.4) is 0 Å². The Hall–Kier alpha value is -0.960. The Bertz CT molecular complexity index is 635. The molecule has 0 aromatic rings. The zero-order valence-electron chi connectivity index (χ0n) is 15.2. The van der Waals surface area contributed by atoms with Crippen molar-refractivity contribution < 1.29 is 14.7 Å². The van der Waals surface area contributed by atoms with Gasteiger partial charge in [0, 0.05) is 18.4 Å². The standard InChI is InChI=1S/C21H30O3/c1-4-21(24)10-7-16-14-12-18(23)17-11-13(22)5-8-19(17,2)15(14)6-9-20(16,21)3/h11,14-16,24H,4-10,12H2,1-3H3/t14-,15-,16-,19+,20-,21-/m0/s1. The highest BCUT2D eigenvalue weighted by Gasteiger charge is 2.64. The number of ketones is 2. The Morgan fingerprint density at radius 3 is 2.54 bits per heavy atom. The van der Waals surface area contributed by atoms with Crippen molar-refractivity contribution in [2.75, 3.05) is 0 Å². The zero-order valence-corrected chi connectivity index (χ0v) is 15.2. The molecule has 0 heterocycles. The van der Waals surface area contributed by atoms with Gasteiger partial charge in [-0.05, 0) is 73.2 Å². The molecule has 0 aromatic heterocycles. The largest absolute Gasteiger partial charge is 0.389 e. The topological polar surface area (TPSA) is 54.4 Å². The fourth-order valence-electron chi connectivity index (χ4n) is 7.08. The van der Waals surface area contributed by atoms with Gasteiger partial charge >= 0.3 is 0 Å². The molecule has 0 spiro atoms. The van der Waals surface area contributed by atoms with E-state index < -0.39 is 5.60 Å². The first-order chi connectivity index (χ1) is 11.2. The number of rotatable bonds is 1. The van der Waals surface area contributed by atoms with E-state index in [2.05, 4.69) is 20.8 Å². The summed E-state index contributed by atoms with van der Waals surface area (Å²) < 4.78 is 0. The molecule has 4 rings (SSSR count). The molecule has 0 amide bonds. The molecule has 3 fully saturated rings. The van der Waals surface area contributed by atoms with Crippen LogP contribution in [-0.2, 0) is 9.59 Å². The molecule has 0 saturated heterocycles. The molecule has 3 nitrogen and oxygen atoms in total. The van der Waals surface area contributed by atoms with E-state index in [9.17, 15) is 14.7 Å². The molecule has 4 aliphatic carbocycles. The van der Waals surface area contributed by atoms with Gasteiger partial charge in [-0.25, -0.2) is 0 Å². The van der Waals surface area contributed by atoms with Gasteiger partial charge in [0.05, 0.1) is 5.60 Å². The first-order valence-electron chi connectivity index (χ1n) is 9.76. The molecular formula is C21H30O3. The van der Waals surface area contributed by atoms with Crippen LogP contribution in [0.1, 0.15) is 72.1 Å². The van der Waals surface area contributed by atoms with Crippen LogP contribution >= 0.6 is 0 Å². The highest BCUT2D eigenvalue weighted by atomic mass is 16.3. The number of carbonyl (C=O) groups excluding carboxylic acids is 2. The van der Waals surface area contributed by atoms with Crippen molar-refractivity contribution in [3.8, 4) is 0 Å². The molecular weight excluding hydrogens is 300 g/mol. The summed E-state index contributed by atoms with van der Waals surface area (Å²) >= 11 is 0. The average Bonchev–Trinajstić information content (AvgIpc) is 2.82. The predicted molar refractivity (Wildman–Crippen MR) is 92.3 cm³/mol. The van der Waals surface area contributed by atoms with E-state index in [1.54, 1.807) is 6.08 Å². The summed E-state index contributed by atoms with van der Waals surface area (Å²) in [4.78, 5) is 24.7. The maximum absolute atomic E-state index is 12.9. The molecule has 0 aromatic carbocycles. The monoisotopic (exact) mass is 330 g/mol. The van der Waals surface area contributed by atoms with Crippen molar-refractivity contribution in [3.05, 3.63) is 11.6 Å². The second-order valence-electron chi connectivity index (χ2n) is 9.33. The van der Waals surface area contributed by atoms with Gasteiger partial charge in [0.15, 0.2) is 11.6 Å². The van der Waals surface area contributed by atoms with Gasteiger partial charge in [0.2, 0.25) is 0 Å². The van der Waals surface area contributed by atoms with Crippen LogP contribution in [0.4, 0.5) is 0 Å². The van der Waals surface area contributed by atoms with Crippen LogP contribution in [0, 0.1) is 28.6 Å². The van der Waals surface area contributed by atoms with E-state index in [0.717, 1.165) is 44.1 Å². The van der Waals surface area contributed by atoms with Crippen molar-refractivity contribution >= 4 is 11.6 Å². The smallest absolute Gasteiger partial charge is 0.159 e. The summed E-state index contributed by atoms with van der Waals surface area (Å²) in [6, 6.07) is 0. The Morgan fingerprint density at radius 1 is 1.12 bits per heavy atom. The summed E-state index contributed by atoms with van der Waals surface area (Å²) in [5.41, 5.74) is 0.0749. The van der Waals surface area contributed by atoms with E-state index >= 15 is 0 Å². The average molecular weight is 330 g/mol. The normalized spacial score (nSPS) is 50.8. The number of allylic oxidation sites excluding steroid dienone is 1. The van der Waals surface area contributed by atoms with Crippen molar-refractivity contribution in [2.45, 2.75) is 77.7 Å². The van der Waals surface area contributed by atoms with E-state index in [1.807, 2.05) is 0 Å². The molecule has 0 unspecified atom stereocenters. The SMILES string of the molecule is CC[C@]1(O)CC[C@H]2[C@H]3CC(=O)C4=CC(=O)CC[C@]4(C)[C@H]3CC[C@@]21C. The molecule has 0 radical (unpaired) electrons. The van der Waals surface area contributed by atoms with Gasteiger partial charge in [0.25, 0.3) is 0 Å². The van der Waals surface area contributed by atoms with Crippen molar-refractivity contribution in [3.63, 3.8) is 0 Å². The van der Waals surface area contributed by atoms with Gasteiger partial charge in [-0.15, -0.1) is 0 Å². The summed E-state index contributed by atoms with van der Waals surface area (Å²) in [6.07, 6.45) is 8.50.